The molecule has 0 aromatic heterocycles. The van der Waals surface area contributed by atoms with Crippen LogP contribution < -0.4 is 14.4 Å². The fraction of sp³-hybridized carbons (Fsp3) is 0.417. The highest BCUT2D eigenvalue weighted by molar-refractivity contribution is 7.92. The van der Waals surface area contributed by atoms with Crippen LogP contribution >= 0.6 is 23.2 Å². The summed E-state index contributed by atoms with van der Waals surface area (Å²) in [4.78, 5) is 27.7. The Morgan fingerprint density at radius 3 is 2.46 bits per heavy atom. The van der Waals surface area contributed by atoms with Gasteiger partial charge in [-0.25, -0.2) is 8.42 Å². The fourth-order valence-corrected chi connectivity index (χ4v) is 4.79. The van der Waals surface area contributed by atoms with E-state index in [9.17, 15) is 18.0 Å². The van der Waals surface area contributed by atoms with Crippen LogP contribution in [0.4, 0.5) is 5.69 Å². The summed E-state index contributed by atoms with van der Waals surface area (Å²) in [7, 11) is -2.36. The molecule has 0 aliphatic heterocycles. The molecular weight excluding hydrogens is 513 g/mol. The molecule has 0 aliphatic rings. The number of hydrogen-bond acceptors (Lipinski definition) is 5. The van der Waals surface area contributed by atoms with E-state index in [1.807, 2.05) is 6.92 Å². The standard InChI is InChI=1S/C24H31Cl2N3O5S/c1-5-6-12-27-24(31)17(2)28(15-18-8-7-9-20(13-18)34-3)23(30)16-29(35(4,32)33)22-11-10-19(25)14-21(22)26/h7-11,13-14,17H,5-6,12,15-16H2,1-4H3,(H,27,31)/t17-/m0/s1. The normalized spacial score (nSPS) is 12.1. The van der Waals surface area contributed by atoms with Crippen LogP contribution in [-0.2, 0) is 26.2 Å². The van der Waals surface area contributed by atoms with Crippen molar-refractivity contribution >= 4 is 50.7 Å². The molecule has 0 spiro atoms. The Morgan fingerprint density at radius 2 is 1.86 bits per heavy atom. The van der Waals surface area contributed by atoms with Gasteiger partial charge in [0.05, 0.1) is 24.1 Å². The second kappa shape index (κ2) is 13.0. The molecule has 8 nitrogen and oxygen atoms in total. The number of rotatable bonds is 12. The number of halogens is 2. The van der Waals surface area contributed by atoms with Crippen LogP contribution in [0, 0.1) is 0 Å². The molecule has 1 N–H and O–H groups in total. The fourth-order valence-electron chi connectivity index (χ4n) is 3.36. The lowest BCUT2D eigenvalue weighted by molar-refractivity contribution is -0.139. The van der Waals surface area contributed by atoms with E-state index < -0.39 is 28.5 Å². The molecule has 0 bridgehead atoms. The zero-order valence-electron chi connectivity index (χ0n) is 20.3. The van der Waals surface area contributed by atoms with Gasteiger partial charge in [0.15, 0.2) is 0 Å². The molecule has 0 radical (unpaired) electrons. The largest absolute Gasteiger partial charge is 0.497 e. The van der Waals surface area contributed by atoms with E-state index in [1.54, 1.807) is 31.2 Å². The highest BCUT2D eigenvalue weighted by Crippen LogP contribution is 2.30. The minimum atomic E-state index is -3.89. The third-order valence-corrected chi connectivity index (χ3v) is 7.01. The predicted molar refractivity (Wildman–Crippen MR) is 140 cm³/mol. The number of nitrogens with one attached hydrogen (secondary N) is 1. The summed E-state index contributed by atoms with van der Waals surface area (Å²) in [6, 6.07) is 10.6. The van der Waals surface area contributed by atoms with Crippen molar-refractivity contribution in [2.24, 2.45) is 0 Å². The van der Waals surface area contributed by atoms with Gasteiger partial charge in [0.1, 0.15) is 18.3 Å². The maximum atomic E-state index is 13.5. The molecule has 11 heteroatoms. The lowest BCUT2D eigenvalue weighted by Gasteiger charge is -2.31. The number of carbonyl (C=O) groups excluding carboxylic acids is 2. The summed E-state index contributed by atoms with van der Waals surface area (Å²) >= 11 is 12.2. The number of nitrogens with zero attached hydrogens (tertiary/aromatic N) is 2. The molecule has 35 heavy (non-hydrogen) atoms. The van der Waals surface area contributed by atoms with Gasteiger partial charge in [-0.15, -0.1) is 0 Å². The number of anilines is 1. The van der Waals surface area contributed by atoms with Crippen LogP contribution in [0.25, 0.3) is 0 Å². The maximum Gasteiger partial charge on any atom is 0.244 e. The maximum absolute atomic E-state index is 13.5. The van der Waals surface area contributed by atoms with E-state index in [0.29, 0.717) is 17.3 Å². The first-order valence-electron chi connectivity index (χ1n) is 11.1. The number of benzene rings is 2. The number of amides is 2. The third kappa shape index (κ3) is 8.30. The lowest BCUT2D eigenvalue weighted by atomic mass is 10.1. The topological polar surface area (TPSA) is 96.0 Å². The van der Waals surface area contributed by atoms with Crippen molar-refractivity contribution in [2.75, 3.05) is 30.8 Å². The molecule has 0 aliphatic carbocycles. The van der Waals surface area contributed by atoms with Crippen LogP contribution in [0.15, 0.2) is 42.5 Å². The van der Waals surface area contributed by atoms with E-state index in [4.69, 9.17) is 27.9 Å². The van der Waals surface area contributed by atoms with Gasteiger partial charge in [0.2, 0.25) is 21.8 Å². The third-order valence-electron chi connectivity index (χ3n) is 5.34. The van der Waals surface area contributed by atoms with E-state index in [1.165, 1.54) is 30.2 Å². The summed E-state index contributed by atoms with van der Waals surface area (Å²) < 4.78 is 31.4. The monoisotopic (exact) mass is 543 g/mol. The smallest absolute Gasteiger partial charge is 0.244 e. The second-order valence-corrected chi connectivity index (χ2v) is 10.8. The van der Waals surface area contributed by atoms with Crippen molar-refractivity contribution in [3.63, 3.8) is 0 Å². The van der Waals surface area contributed by atoms with Crippen molar-refractivity contribution in [1.29, 1.82) is 0 Å². The van der Waals surface area contributed by atoms with Gasteiger partial charge in [-0.3, -0.25) is 13.9 Å². The first kappa shape index (κ1) is 28.7. The molecule has 0 fully saturated rings. The SMILES string of the molecule is CCCCNC(=O)[C@H](C)N(Cc1cccc(OC)c1)C(=O)CN(c1ccc(Cl)cc1Cl)S(C)(=O)=O. The van der Waals surface area contributed by atoms with Crippen LogP contribution in [0.1, 0.15) is 32.3 Å². The van der Waals surface area contributed by atoms with Crippen molar-refractivity contribution in [3.8, 4) is 5.75 Å². The molecule has 2 amide bonds. The van der Waals surface area contributed by atoms with E-state index in [2.05, 4.69) is 5.32 Å². The van der Waals surface area contributed by atoms with Gasteiger partial charge in [0.25, 0.3) is 0 Å². The summed E-state index contributed by atoms with van der Waals surface area (Å²) in [5.74, 6) is -0.298. The van der Waals surface area contributed by atoms with Crippen LogP contribution in [-0.4, -0.2) is 57.6 Å². The Hall–Kier alpha value is -2.49. The quantitative estimate of drug-likeness (QED) is 0.406. The Bertz CT molecular complexity index is 1140. The van der Waals surface area contributed by atoms with Crippen molar-refractivity contribution < 1.29 is 22.7 Å². The van der Waals surface area contributed by atoms with Gasteiger partial charge >= 0.3 is 0 Å². The summed E-state index contributed by atoms with van der Waals surface area (Å²) in [6.07, 6.45) is 2.70. The van der Waals surface area contributed by atoms with Crippen LogP contribution in [0.5, 0.6) is 5.75 Å². The van der Waals surface area contributed by atoms with Gasteiger partial charge in [-0.2, -0.15) is 0 Å². The minimum Gasteiger partial charge on any atom is -0.497 e. The summed E-state index contributed by atoms with van der Waals surface area (Å²) in [5, 5.41) is 3.25. The van der Waals surface area contributed by atoms with Gasteiger partial charge in [-0.1, -0.05) is 48.7 Å². The zero-order chi connectivity index (χ0) is 26.2. The molecule has 192 valence electrons. The van der Waals surface area contributed by atoms with E-state index in [0.717, 1.165) is 29.0 Å². The molecule has 2 rings (SSSR count). The molecule has 0 unspecified atom stereocenters. The Labute approximate surface area is 217 Å². The average Bonchev–Trinajstić information content (AvgIpc) is 2.80. The van der Waals surface area contributed by atoms with E-state index >= 15 is 0 Å². The number of methoxy groups -OCH3 is 1. The highest BCUT2D eigenvalue weighted by Gasteiger charge is 2.30. The average molecular weight is 545 g/mol. The molecule has 2 aromatic carbocycles. The van der Waals surface area contributed by atoms with Crippen molar-refractivity contribution in [3.05, 3.63) is 58.1 Å². The number of carbonyl (C=O) groups is 2. The second-order valence-electron chi connectivity index (χ2n) is 8.06. The zero-order valence-corrected chi connectivity index (χ0v) is 22.6. The van der Waals surface area contributed by atoms with E-state index in [-0.39, 0.29) is 23.2 Å². The molecule has 0 saturated heterocycles. The number of ether oxygens (including phenoxy) is 1. The number of unbranched alkanes of at least 4 members (excludes halogenated alkanes) is 1. The Balaban J connectivity index is 2.40. The van der Waals surface area contributed by atoms with Crippen LogP contribution in [0.2, 0.25) is 10.0 Å². The van der Waals surface area contributed by atoms with Crippen molar-refractivity contribution in [2.45, 2.75) is 39.3 Å². The summed E-state index contributed by atoms with van der Waals surface area (Å²) in [6.45, 7) is 3.63. The highest BCUT2D eigenvalue weighted by atomic mass is 35.5. The number of sulfonamides is 1. The van der Waals surface area contributed by atoms with Gasteiger partial charge in [0, 0.05) is 18.1 Å². The molecule has 1 atom stereocenters. The first-order chi connectivity index (χ1) is 16.5. The lowest BCUT2D eigenvalue weighted by Crippen LogP contribution is -2.51. The minimum absolute atomic E-state index is 0.0738. The molecule has 0 saturated carbocycles. The first-order valence-corrected chi connectivity index (χ1v) is 13.7. The molecule has 0 heterocycles. The molecule has 2 aromatic rings. The summed E-state index contributed by atoms with van der Waals surface area (Å²) in [5.41, 5.74) is 0.842. The van der Waals surface area contributed by atoms with Crippen molar-refractivity contribution in [1.82, 2.24) is 10.2 Å². The Kier molecular flexibility index (Phi) is 10.7. The van der Waals surface area contributed by atoms with Crippen LogP contribution in [0.3, 0.4) is 0 Å². The van der Waals surface area contributed by atoms with Gasteiger partial charge in [-0.05, 0) is 49.2 Å². The molecular formula is C24H31Cl2N3O5S. The Morgan fingerprint density at radius 1 is 1.14 bits per heavy atom. The number of hydrogen-bond donors (Lipinski definition) is 1. The predicted octanol–water partition coefficient (Wildman–Crippen LogP) is 4.10. The van der Waals surface area contributed by atoms with Gasteiger partial charge < -0.3 is 15.0 Å².